The van der Waals surface area contributed by atoms with E-state index in [9.17, 15) is 19.2 Å². The molecule has 2 amide bonds. The summed E-state index contributed by atoms with van der Waals surface area (Å²) in [5.74, 6) is -2.28. The molecule has 4 N–H and O–H groups in total. The van der Waals surface area contributed by atoms with E-state index >= 15 is 0 Å². The first-order valence-electron chi connectivity index (χ1n) is 24.7. The van der Waals surface area contributed by atoms with Gasteiger partial charge in [0.25, 0.3) is 0 Å². The van der Waals surface area contributed by atoms with Crippen molar-refractivity contribution < 1.29 is 34.1 Å². The first-order valence-corrected chi connectivity index (χ1v) is 24.7. The lowest BCUT2D eigenvalue weighted by Gasteiger charge is -2.18. The van der Waals surface area contributed by atoms with Gasteiger partial charge in [0.1, 0.15) is 12.1 Å². The summed E-state index contributed by atoms with van der Waals surface area (Å²) in [6.07, 6.45) is 50.6. The summed E-state index contributed by atoms with van der Waals surface area (Å²) >= 11 is 0. The second-order valence-corrected chi connectivity index (χ2v) is 16.9. The van der Waals surface area contributed by atoms with Crippen molar-refractivity contribution in [1.29, 1.82) is 0 Å². The molecule has 0 aromatic heterocycles. The average molecular weight is 833 g/mol. The van der Waals surface area contributed by atoms with Crippen LogP contribution in [0.15, 0.2) is 24.3 Å². The first kappa shape index (κ1) is 56.3. The number of carbonyl (C=O) groups excluding carboxylic acids is 3. The maximum absolute atomic E-state index is 12.9. The Morgan fingerprint density at radius 2 is 0.915 bits per heavy atom. The standard InChI is InChI=1S/C50H92N2O7/c1-3-5-7-9-11-13-15-17-19-20-21-23-25-27-29-34-38-42-49(56)59-45(39-35-31-28-26-24-22-18-16-14-12-10-8-6-4-2)40-36-32-30-33-37-41-47(54)51-43-48(55)52-46(44-53)50(57)58/h11,13,17,19,45-46,53H,3-10,12,14-16,18,20-44H2,1-2H3,(H,51,54)(H,52,55)(H,57,58)/b13-11-,19-17-. The van der Waals surface area contributed by atoms with Gasteiger partial charge in [-0.25, -0.2) is 4.79 Å². The van der Waals surface area contributed by atoms with Gasteiger partial charge in [0, 0.05) is 12.8 Å². The number of nitrogens with one attached hydrogen (secondary N) is 2. The molecule has 344 valence electrons. The van der Waals surface area contributed by atoms with Crippen LogP contribution >= 0.6 is 0 Å². The maximum atomic E-state index is 12.9. The molecule has 0 aromatic carbocycles. The van der Waals surface area contributed by atoms with Crippen LogP contribution in [0.5, 0.6) is 0 Å². The van der Waals surface area contributed by atoms with Gasteiger partial charge < -0.3 is 25.6 Å². The van der Waals surface area contributed by atoms with Gasteiger partial charge in [0.2, 0.25) is 11.8 Å². The Labute approximate surface area is 362 Å². The second kappa shape index (κ2) is 44.9. The SMILES string of the molecule is CCCCC/C=C\C/C=C\CCCCCCCCCC(=O)OC(CCCCCCCCCCCCCCCC)CCCCCCCC(=O)NCC(=O)NC(CO)C(=O)O. The number of carbonyl (C=O) groups is 4. The van der Waals surface area contributed by atoms with E-state index in [1.165, 1.54) is 148 Å². The number of carboxylic acid groups (broad SMARTS) is 1. The molecule has 0 aliphatic carbocycles. The van der Waals surface area contributed by atoms with Gasteiger partial charge in [0.05, 0.1) is 13.2 Å². The minimum atomic E-state index is -1.38. The monoisotopic (exact) mass is 833 g/mol. The number of carboxylic acids is 1. The van der Waals surface area contributed by atoms with Gasteiger partial charge >= 0.3 is 11.9 Å². The summed E-state index contributed by atoms with van der Waals surface area (Å²) in [6.45, 7) is 3.48. The summed E-state index contributed by atoms with van der Waals surface area (Å²) in [7, 11) is 0. The van der Waals surface area contributed by atoms with E-state index < -0.39 is 24.5 Å². The summed E-state index contributed by atoms with van der Waals surface area (Å²) < 4.78 is 6.06. The van der Waals surface area contributed by atoms with Crippen molar-refractivity contribution in [2.24, 2.45) is 0 Å². The van der Waals surface area contributed by atoms with Crippen molar-refractivity contribution in [3.8, 4) is 0 Å². The van der Waals surface area contributed by atoms with Crippen LogP contribution in [0.4, 0.5) is 0 Å². The van der Waals surface area contributed by atoms with Gasteiger partial charge in [-0.3, -0.25) is 14.4 Å². The summed E-state index contributed by atoms with van der Waals surface area (Å²) in [5, 5.41) is 22.6. The van der Waals surface area contributed by atoms with Crippen LogP contribution in [-0.2, 0) is 23.9 Å². The minimum Gasteiger partial charge on any atom is -0.480 e. The maximum Gasteiger partial charge on any atom is 0.328 e. The highest BCUT2D eigenvalue weighted by Gasteiger charge is 2.19. The molecule has 0 aliphatic rings. The molecule has 0 radical (unpaired) electrons. The molecule has 0 rings (SSSR count). The third kappa shape index (κ3) is 41.8. The van der Waals surface area contributed by atoms with E-state index in [2.05, 4.69) is 48.8 Å². The largest absolute Gasteiger partial charge is 0.480 e. The van der Waals surface area contributed by atoms with E-state index in [0.29, 0.717) is 19.3 Å². The molecule has 0 aromatic rings. The van der Waals surface area contributed by atoms with Crippen LogP contribution in [0.2, 0.25) is 0 Å². The summed E-state index contributed by atoms with van der Waals surface area (Å²) in [6, 6.07) is -1.38. The molecule has 0 saturated carbocycles. The van der Waals surface area contributed by atoms with Crippen LogP contribution in [0.25, 0.3) is 0 Å². The van der Waals surface area contributed by atoms with E-state index in [0.717, 1.165) is 64.2 Å². The highest BCUT2D eigenvalue weighted by molar-refractivity contribution is 5.87. The van der Waals surface area contributed by atoms with Crippen LogP contribution in [0.1, 0.15) is 245 Å². The molecule has 0 bridgehead atoms. The minimum absolute atomic E-state index is 0.0147. The second-order valence-electron chi connectivity index (χ2n) is 16.9. The van der Waals surface area contributed by atoms with Crippen molar-refractivity contribution in [1.82, 2.24) is 10.6 Å². The van der Waals surface area contributed by atoms with Crippen molar-refractivity contribution in [3.63, 3.8) is 0 Å². The number of amides is 2. The lowest BCUT2D eigenvalue weighted by Crippen LogP contribution is -2.47. The highest BCUT2D eigenvalue weighted by Crippen LogP contribution is 2.19. The van der Waals surface area contributed by atoms with Crippen LogP contribution in [0, 0.1) is 0 Å². The average Bonchev–Trinajstić information content (AvgIpc) is 3.22. The van der Waals surface area contributed by atoms with E-state index in [1.807, 2.05) is 0 Å². The first-order chi connectivity index (χ1) is 28.8. The quantitative estimate of drug-likeness (QED) is 0.0272. The molecule has 0 heterocycles. The van der Waals surface area contributed by atoms with Gasteiger partial charge in [-0.05, 0) is 70.6 Å². The smallest absolute Gasteiger partial charge is 0.328 e. The Balaban J connectivity index is 4.30. The number of allylic oxidation sites excluding steroid dienone is 4. The van der Waals surface area contributed by atoms with E-state index in [4.69, 9.17) is 14.9 Å². The van der Waals surface area contributed by atoms with E-state index in [1.54, 1.807) is 0 Å². The predicted molar refractivity (Wildman–Crippen MR) is 245 cm³/mol. The van der Waals surface area contributed by atoms with E-state index in [-0.39, 0.29) is 24.5 Å². The fraction of sp³-hybridized carbons (Fsp3) is 0.840. The molecule has 9 nitrogen and oxygen atoms in total. The molecule has 9 heteroatoms. The number of aliphatic hydroxyl groups is 1. The zero-order chi connectivity index (χ0) is 43.3. The molecular weight excluding hydrogens is 741 g/mol. The molecule has 0 fully saturated rings. The predicted octanol–water partition coefficient (Wildman–Crippen LogP) is 12.8. The zero-order valence-electron chi connectivity index (χ0n) is 38.3. The third-order valence-electron chi connectivity index (χ3n) is 11.2. The Kier molecular flexibility index (Phi) is 42.8. The Morgan fingerprint density at radius 3 is 1.39 bits per heavy atom. The number of aliphatic carboxylic acids is 1. The Bertz CT molecular complexity index is 1050. The molecule has 59 heavy (non-hydrogen) atoms. The van der Waals surface area contributed by atoms with Crippen molar-refractivity contribution in [2.45, 2.75) is 257 Å². The number of aliphatic hydroxyl groups excluding tert-OH is 1. The normalized spacial score (nSPS) is 12.6. The molecule has 0 spiro atoms. The lowest BCUT2D eigenvalue weighted by atomic mass is 10.0. The highest BCUT2D eigenvalue weighted by atomic mass is 16.5. The molecule has 2 atom stereocenters. The van der Waals surface area contributed by atoms with Crippen molar-refractivity contribution >= 4 is 23.8 Å². The Morgan fingerprint density at radius 1 is 0.508 bits per heavy atom. The van der Waals surface area contributed by atoms with Crippen LogP contribution < -0.4 is 10.6 Å². The molecule has 0 aliphatic heterocycles. The number of hydrogen-bond donors (Lipinski definition) is 4. The summed E-state index contributed by atoms with van der Waals surface area (Å²) in [5.41, 5.74) is 0. The Hall–Kier alpha value is -2.68. The fourth-order valence-corrected chi connectivity index (χ4v) is 7.39. The number of rotatable bonds is 45. The number of hydrogen-bond acceptors (Lipinski definition) is 6. The lowest BCUT2D eigenvalue weighted by molar-refractivity contribution is -0.150. The topological polar surface area (TPSA) is 142 Å². The summed E-state index contributed by atoms with van der Waals surface area (Å²) in [4.78, 5) is 47.7. The van der Waals surface area contributed by atoms with Gasteiger partial charge in [-0.15, -0.1) is 0 Å². The van der Waals surface area contributed by atoms with Gasteiger partial charge in [-0.2, -0.15) is 0 Å². The third-order valence-corrected chi connectivity index (χ3v) is 11.2. The van der Waals surface area contributed by atoms with Crippen molar-refractivity contribution in [3.05, 3.63) is 24.3 Å². The number of ether oxygens (including phenoxy) is 1. The van der Waals surface area contributed by atoms with Crippen LogP contribution in [-0.4, -0.2) is 59.3 Å². The van der Waals surface area contributed by atoms with Gasteiger partial charge in [0.15, 0.2) is 0 Å². The van der Waals surface area contributed by atoms with Crippen molar-refractivity contribution in [2.75, 3.05) is 13.2 Å². The molecule has 0 saturated heterocycles. The number of esters is 1. The fourth-order valence-electron chi connectivity index (χ4n) is 7.39. The molecular formula is C50H92N2O7. The van der Waals surface area contributed by atoms with Gasteiger partial charge in [-0.1, -0.05) is 186 Å². The van der Waals surface area contributed by atoms with Crippen LogP contribution in [0.3, 0.4) is 0 Å². The molecule has 2 unspecified atom stereocenters. The zero-order valence-corrected chi connectivity index (χ0v) is 38.3. The number of unbranched alkanes of at least 4 members (excludes halogenated alkanes) is 27.